The van der Waals surface area contributed by atoms with E-state index in [-0.39, 0.29) is 33.9 Å². The molecule has 1 amide bonds. The van der Waals surface area contributed by atoms with Crippen molar-refractivity contribution < 1.29 is 22.7 Å². The third-order valence-electron chi connectivity index (χ3n) is 6.38. The first-order valence-electron chi connectivity index (χ1n) is 11.0. The fourth-order valence-electron chi connectivity index (χ4n) is 4.79. The summed E-state index contributed by atoms with van der Waals surface area (Å²) >= 11 is 6.16. The van der Waals surface area contributed by atoms with Gasteiger partial charge in [-0.1, -0.05) is 23.7 Å². The molecule has 2 saturated heterocycles. The van der Waals surface area contributed by atoms with Crippen molar-refractivity contribution in [2.45, 2.75) is 42.8 Å². The van der Waals surface area contributed by atoms with Gasteiger partial charge in [0, 0.05) is 29.7 Å². The number of hydrogen-bond donors (Lipinski definition) is 0. The van der Waals surface area contributed by atoms with Gasteiger partial charge in [0.1, 0.15) is 6.04 Å². The first kappa shape index (κ1) is 24.4. The van der Waals surface area contributed by atoms with Crippen LogP contribution in [0.5, 0.6) is 0 Å². The molecule has 2 aliphatic heterocycles. The maximum absolute atomic E-state index is 13.9. The zero-order valence-electron chi connectivity index (χ0n) is 18.8. The van der Waals surface area contributed by atoms with Gasteiger partial charge in [-0.05, 0) is 49.6 Å². The second kappa shape index (κ2) is 9.85. The number of halogens is 1. The summed E-state index contributed by atoms with van der Waals surface area (Å²) in [4.78, 5) is 31.6. The molecule has 0 spiro atoms. The minimum atomic E-state index is -4.17. The van der Waals surface area contributed by atoms with Gasteiger partial charge >= 0.3 is 5.97 Å². The Labute approximate surface area is 204 Å². The van der Waals surface area contributed by atoms with E-state index in [1.807, 2.05) is 12.1 Å². The molecule has 2 aliphatic rings. The molecular formula is C24H26ClN3O5S. The number of carbonyl (C=O) groups is 2. The van der Waals surface area contributed by atoms with E-state index < -0.39 is 28.1 Å². The molecular weight excluding hydrogens is 478 g/mol. The third-order valence-corrected chi connectivity index (χ3v) is 8.51. The molecule has 2 fully saturated rings. The molecule has 3 unspecified atom stereocenters. The number of carbonyl (C=O) groups excluding carboxylic acids is 2. The van der Waals surface area contributed by atoms with Crippen LogP contribution in [0.25, 0.3) is 0 Å². The number of methoxy groups -OCH3 is 1. The molecule has 34 heavy (non-hydrogen) atoms. The van der Waals surface area contributed by atoms with E-state index in [1.54, 1.807) is 23.2 Å². The van der Waals surface area contributed by atoms with Crippen molar-refractivity contribution in [2.24, 2.45) is 5.92 Å². The summed E-state index contributed by atoms with van der Waals surface area (Å²) in [7, 11) is -2.96. The Kier molecular flexibility index (Phi) is 7.06. The molecule has 4 rings (SSSR count). The predicted molar refractivity (Wildman–Crippen MR) is 127 cm³/mol. The second-order valence-electron chi connectivity index (χ2n) is 8.46. The van der Waals surface area contributed by atoms with Crippen LogP contribution >= 0.6 is 11.6 Å². The fraction of sp³-hybridized carbons (Fsp3) is 0.375. The lowest BCUT2D eigenvalue weighted by Crippen LogP contribution is -2.54. The van der Waals surface area contributed by atoms with Crippen LogP contribution in [0.15, 0.2) is 60.1 Å². The average Bonchev–Trinajstić information content (AvgIpc) is 2.91. The summed E-state index contributed by atoms with van der Waals surface area (Å²) in [5.74, 6) is -1.23. The van der Waals surface area contributed by atoms with E-state index in [9.17, 15) is 18.0 Å². The zero-order valence-corrected chi connectivity index (χ0v) is 20.3. The van der Waals surface area contributed by atoms with Crippen LogP contribution in [0.1, 0.15) is 35.3 Å². The molecule has 0 aliphatic carbocycles. The Morgan fingerprint density at radius 1 is 1.29 bits per heavy atom. The number of piperidine rings is 1. The summed E-state index contributed by atoms with van der Waals surface area (Å²) in [5, 5.41) is 0.0878. The molecule has 2 bridgehead atoms. The van der Waals surface area contributed by atoms with Crippen LogP contribution in [0.3, 0.4) is 0 Å². The fourth-order valence-corrected chi connectivity index (χ4v) is 7.04. The number of sulfonamides is 1. The summed E-state index contributed by atoms with van der Waals surface area (Å²) in [5.41, 5.74) is 0.749. The molecule has 0 radical (unpaired) electrons. The van der Waals surface area contributed by atoms with Crippen molar-refractivity contribution in [1.29, 1.82) is 0 Å². The lowest BCUT2D eigenvalue weighted by Gasteiger charge is -2.40. The summed E-state index contributed by atoms with van der Waals surface area (Å²) < 4.78 is 33.9. The normalized spacial score (nSPS) is 23.3. The highest BCUT2D eigenvalue weighted by atomic mass is 35.5. The lowest BCUT2D eigenvalue weighted by molar-refractivity contribution is -0.135. The van der Waals surface area contributed by atoms with Crippen LogP contribution in [-0.2, 0) is 26.1 Å². The van der Waals surface area contributed by atoms with Crippen molar-refractivity contribution in [1.82, 2.24) is 14.2 Å². The topological polar surface area (TPSA) is 96.9 Å². The Hall–Kier alpha value is -2.75. The highest BCUT2D eigenvalue weighted by Crippen LogP contribution is 2.38. The maximum atomic E-state index is 13.9. The minimum Gasteiger partial charge on any atom is -0.465 e. The zero-order chi connectivity index (χ0) is 24.5. The van der Waals surface area contributed by atoms with Crippen LogP contribution in [0.2, 0.25) is 5.02 Å². The third kappa shape index (κ3) is 4.60. The Balaban J connectivity index is 1.77. The molecule has 2 aromatic rings. The number of nitrogens with zero attached hydrogens (tertiary/aromatic N) is 3. The Bertz CT molecular complexity index is 1200. The van der Waals surface area contributed by atoms with Crippen molar-refractivity contribution in [3.8, 4) is 0 Å². The molecule has 0 saturated carbocycles. The summed E-state index contributed by atoms with van der Waals surface area (Å²) in [6.07, 6.45) is 5.11. The van der Waals surface area contributed by atoms with E-state index in [1.165, 1.54) is 29.6 Å². The van der Waals surface area contributed by atoms with Crippen LogP contribution < -0.4 is 0 Å². The van der Waals surface area contributed by atoms with Crippen LogP contribution in [-0.4, -0.2) is 60.2 Å². The van der Waals surface area contributed by atoms with Crippen molar-refractivity contribution in [3.05, 3.63) is 71.5 Å². The van der Waals surface area contributed by atoms with Crippen LogP contribution in [0.4, 0.5) is 0 Å². The molecule has 0 N–H and O–H groups in total. The predicted octanol–water partition coefficient (Wildman–Crippen LogP) is 3.28. The first-order chi connectivity index (χ1) is 16.3. The number of pyridine rings is 1. The van der Waals surface area contributed by atoms with Crippen molar-refractivity contribution >= 4 is 33.5 Å². The van der Waals surface area contributed by atoms with E-state index >= 15 is 0 Å². The number of hydrogen-bond acceptors (Lipinski definition) is 6. The largest absolute Gasteiger partial charge is 0.465 e. The SMILES string of the molecule is C=CC1CN(Cc2ccccn2)C(=O)C2CCCC1N2S(=O)(=O)c1cc(Cl)cc(C(=O)OC)c1. The second-order valence-corrected chi connectivity index (χ2v) is 10.7. The number of amides is 1. The van der Waals surface area contributed by atoms with E-state index in [0.29, 0.717) is 19.4 Å². The van der Waals surface area contributed by atoms with Gasteiger partial charge < -0.3 is 9.64 Å². The monoisotopic (exact) mass is 503 g/mol. The van der Waals surface area contributed by atoms with Crippen molar-refractivity contribution in [3.63, 3.8) is 0 Å². The lowest BCUT2D eigenvalue weighted by atomic mass is 9.90. The molecule has 1 aromatic heterocycles. The van der Waals surface area contributed by atoms with E-state index in [0.717, 1.165) is 12.1 Å². The van der Waals surface area contributed by atoms with Gasteiger partial charge in [0.15, 0.2) is 0 Å². The highest BCUT2D eigenvalue weighted by molar-refractivity contribution is 7.89. The van der Waals surface area contributed by atoms with Gasteiger partial charge in [-0.2, -0.15) is 4.31 Å². The number of ether oxygens (including phenoxy) is 1. The van der Waals surface area contributed by atoms with Gasteiger partial charge in [-0.3, -0.25) is 9.78 Å². The first-order valence-corrected chi connectivity index (χ1v) is 12.8. The van der Waals surface area contributed by atoms with E-state index in [2.05, 4.69) is 11.6 Å². The maximum Gasteiger partial charge on any atom is 0.337 e. The smallest absolute Gasteiger partial charge is 0.337 e. The van der Waals surface area contributed by atoms with Gasteiger partial charge in [0.05, 0.1) is 29.8 Å². The van der Waals surface area contributed by atoms with E-state index in [4.69, 9.17) is 16.3 Å². The average molecular weight is 504 g/mol. The molecule has 8 nitrogen and oxygen atoms in total. The molecule has 3 atom stereocenters. The quantitative estimate of drug-likeness (QED) is 0.443. The minimum absolute atomic E-state index is 0.0249. The highest BCUT2D eigenvalue weighted by Gasteiger charge is 2.49. The summed E-state index contributed by atoms with van der Waals surface area (Å²) in [6, 6.07) is 8.06. The number of benzene rings is 1. The Morgan fingerprint density at radius 2 is 2.09 bits per heavy atom. The van der Waals surface area contributed by atoms with Crippen molar-refractivity contribution in [2.75, 3.05) is 13.7 Å². The Morgan fingerprint density at radius 3 is 2.76 bits per heavy atom. The van der Waals surface area contributed by atoms with Gasteiger partial charge in [0.2, 0.25) is 15.9 Å². The molecule has 3 heterocycles. The number of aromatic nitrogens is 1. The number of fused-ring (bicyclic) bond motifs is 2. The van der Waals surface area contributed by atoms with Crippen LogP contribution in [0, 0.1) is 5.92 Å². The number of rotatable bonds is 6. The standard InChI is InChI=1S/C24H26ClN3O5S/c1-3-16-14-27(15-19-7-4-5-10-26-19)23(29)22-9-6-8-21(16)28(22)34(31,32)20-12-17(24(30)33-2)11-18(25)13-20/h3-5,7,10-13,16,21-22H,1,6,8-9,14-15H2,2H3. The van der Waals surface area contributed by atoms with Gasteiger partial charge in [-0.25, -0.2) is 13.2 Å². The number of esters is 1. The van der Waals surface area contributed by atoms with Gasteiger partial charge in [-0.15, -0.1) is 6.58 Å². The summed E-state index contributed by atoms with van der Waals surface area (Å²) in [6.45, 7) is 4.56. The molecule has 10 heteroatoms. The molecule has 180 valence electrons. The molecule has 1 aromatic carbocycles. The van der Waals surface area contributed by atoms with Gasteiger partial charge in [0.25, 0.3) is 0 Å².